The van der Waals surface area contributed by atoms with E-state index in [0.717, 1.165) is 0 Å². The Morgan fingerprint density at radius 2 is 1.86 bits per heavy atom. The number of ether oxygens (including phenoxy) is 2. The van der Waals surface area contributed by atoms with Gasteiger partial charge in [-0.25, -0.2) is 4.79 Å². The zero-order valence-corrected chi connectivity index (χ0v) is 15.5. The molecule has 1 amide bonds. The van der Waals surface area contributed by atoms with Crippen molar-refractivity contribution in [3.05, 3.63) is 76.0 Å². The molecule has 0 fully saturated rings. The summed E-state index contributed by atoms with van der Waals surface area (Å²) in [6.45, 7) is 0. The molecule has 9 nitrogen and oxygen atoms in total. The number of hydrogen-bond acceptors (Lipinski definition) is 7. The van der Waals surface area contributed by atoms with Crippen LogP contribution in [0.1, 0.15) is 20.9 Å². The smallest absolute Gasteiger partial charge is 0.337 e. The van der Waals surface area contributed by atoms with Gasteiger partial charge in [-0.15, -0.1) is 0 Å². The lowest BCUT2D eigenvalue weighted by atomic mass is 10.1. The molecule has 3 rings (SSSR count). The van der Waals surface area contributed by atoms with Gasteiger partial charge in [0.15, 0.2) is 5.76 Å². The van der Waals surface area contributed by atoms with Gasteiger partial charge in [0.2, 0.25) is 0 Å². The summed E-state index contributed by atoms with van der Waals surface area (Å²) < 4.78 is 15.2. The molecule has 0 aliphatic carbocycles. The number of benzene rings is 2. The van der Waals surface area contributed by atoms with Gasteiger partial charge in [0.25, 0.3) is 11.6 Å². The molecule has 0 aliphatic heterocycles. The second-order valence-electron chi connectivity index (χ2n) is 5.83. The normalized spacial score (nSPS) is 10.3. The van der Waals surface area contributed by atoms with Crippen LogP contribution in [0, 0.1) is 10.1 Å². The van der Waals surface area contributed by atoms with Gasteiger partial charge in [-0.05, 0) is 42.5 Å². The van der Waals surface area contributed by atoms with E-state index >= 15 is 0 Å². The molecule has 0 unspecified atom stereocenters. The summed E-state index contributed by atoms with van der Waals surface area (Å²) in [5.74, 6) is -0.667. The lowest BCUT2D eigenvalue weighted by Crippen LogP contribution is -2.11. The molecular weight excluding hydrogens is 380 g/mol. The number of amides is 1. The highest BCUT2D eigenvalue weighted by molar-refractivity contribution is 6.03. The van der Waals surface area contributed by atoms with Crippen LogP contribution in [0.15, 0.2) is 59.0 Å². The average Bonchev–Trinajstić information content (AvgIpc) is 3.23. The number of carbonyl (C=O) groups excluding carboxylic acids is 2. The number of nitro groups is 1. The van der Waals surface area contributed by atoms with E-state index in [1.807, 2.05) is 0 Å². The molecule has 9 heteroatoms. The molecule has 1 aromatic heterocycles. The Morgan fingerprint density at radius 1 is 1.07 bits per heavy atom. The SMILES string of the molecule is COC(=O)c1cccc(NC(=O)c2ccc(-c3ccc(OC)cc3[N+](=O)[O-])o2)c1. The fraction of sp³-hybridized carbons (Fsp3) is 0.100. The lowest BCUT2D eigenvalue weighted by molar-refractivity contribution is -0.384. The first kappa shape index (κ1) is 19.6. The minimum atomic E-state index is -0.575. The first-order valence-electron chi connectivity index (χ1n) is 8.35. The van der Waals surface area contributed by atoms with Gasteiger partial charge in [0.05, 0.1) is 36.3 Å². The highest BCUT2D eigenvalue weighted by Crippen LogP contribution is 2.34. The van der Waals surface area contributed by atoms with Crippen LogP contribution >= 0.6 is 0 Å². The number of esters is 1. The third-order valence-electron chi connectivity index (χ3n) is 4.04. The maximum atomic E-state index is 12.5. The highest BCUT2D eigenvalue weighted by atomic mass is 16.6. The molecule has 0 saturated carbocycles. The van der Waals surface area contributed by atoms with E-state index in [2.05, 4.69) is 10.1 Å². The summed E-state index contributed by atoms with van der Waals surface area (Å²) in [4.78, 5) is 34.8. The predicted molar refractivity (Wildman–Crippen MR) is 103 cm³/mol. The van der Waals surface area contributed by atoms with Gasteiger partial charge in [-0.3, -0.25) is 14.9 Å². The molecule has 0 saturated heterocycles. The third kappa shape index (κ3) is 4.24. The molecule has 0 atom stereocenters. The van der Waals surface area contributed by atoms with Crippen LogP contribution in [-0.4, -0.2) is 31.0 Å². The Hall–Kier alpha value is -4.14. The van der Waals surface area contributed by atoms with Crippen LogP contribution in [0.2, 0.25) is 0 Å². The number of carbonyl (C=O) groups is 2. The van der Waals surface area contributed by atoms with E-state index in [-0.39, 0.29) is 28.3 Å². The first-order valence-corrected chi connectivity index (χ1v) is 8.35. The number of nitrogens with zero attached hydrogens (tertiary/aromatic N) is 1. The van der Waals surface area contributed by atoms with E-state index in [4.69, 9.17) is 9.15 Å². The topological polar surface area (TPSA) is 121 Å². The molecule has 0 aliphatic rings. The molecule has 1 heterocycles. The standard InChI is InChI=1S/C20H16N2O7/c1-27-14-6-7-15(16(11-14)22(25)26)17-8-9-18(29-17)19(23)21-13-5-3-4-12(10-13)20(24)28-2/h3-11H,1-2H3,(H,21,23). The Morgan fingerprint density at radius 3 is 2.55 bits per heavy atom. The van der Waals surface area contributed by atoms with Crippen molar-refractivity contribution >= 4 is 23.3 Å². The van der Waals surface area contributed by atoms with Crippen LogP contribution in [0.4, 0.5) is 11.4 Å². The summed E-state index contributed by atoms with van der Waals surface area (Å²) in [6, 6.07) is 13.4. The summed E-state index contributed by atoms with van der Waals surface area (Å²) in [6.07, 6.45) is 0. The molecule has 29 heavy (non-hydrogen) atoms. The average molecular weight is 396 g/mol. The number of anilines is 1. The minimum absolute atomic E-state index is 0.0476. The van der Waals surface area contributed by atoms with Crippen molar-refractivity contribution < 1.29 is 28.4 Å². The Labute approximate surface area is 165 Å². The van der Waals surface area contributed by atoms with E-state index in [1.165, 1.54) is 44.6 Å². The lowest BCUT2D eigenvalue weighted by Gasteiger charge is -2.05. The summed E-state index contributed by atoms with van der Waals surface area (Å²) >= 11 is 0. The van der Waals surface area contributed by atoms with Crippen molar-refractivity contribution in [3.63, 3.8) is 0 Å². The van der Waals surface area contributed by atoms with Crippen molar-refractivity contribution in [1.29, 1.82) is 0 Å². The Bertz CT molecular complexity index is 1090. The second-order valence-corrected chi connectivity index (χ2v) is 5.83. The fourth-order valence-electron chi connectivity index (χ4n) is 2.64. The largest absolute Gasteiger partial charge is 0.497 e. The van der Waals surface area contributed by atoms with Gasteiger partial charge in [-0.1, -0.05) is 6.07 Å². The van der Waals surface area contributed by atoms with Crippen molar-refractivity contribution in [2.75, 3.05) is 19.5 Å². The fourth-order valence-corrected chi connectivity index (χ4v) is 2.64. The predicted octanol–water partition coefficient (Wildman–Crippen LogP) is 3.90. The van der Waals surface area contributed by atoms with E-state index < -0.39 is 16.8 Å². The summed E-state index contributed by atoms with van der Waals surface area (Å²) in [7, 11) is 2.67. The van der Waals surface area contributed by atoms with Crippen LogP contribution in [0.3, 0.4) is 0 Å². The molecule has 2 aromatic carbocycles. The number of furan rings is 1. The maximum Gasteiger partial charge on any atom is 0.337 e. The van der Waals surface area contributed by atoms with Crippen LogP contribution in [-0.2, 0) is 4.74 Å². The van der Waals surface area contributed by atoms with Gasteiger partial charge in [0, 0.05) is 5.69 Å². The number of rotatable bonds is 6. The monoisotopic (exact) mass is 396 g/mol. The zero-order chi connectivity index (χ0) is 21.0. The zero-order valence-electron chi connectivity index (χ0n) is 15.5. The Balaban J connectivity index is 1.84. The first-order chi connectivity index (χ1) is 13.9. The molecule has 0 bridgehead atoms. The van der Waals surface area contributed by atoms with Gasteiger partial charge in [0.1, 0.15) is 11.5 Å². The maximum absolute atomic E-state index is 12.5. The van der Waals surface area contributed by atoms with Crippen molar-refractivity contribution in [1.82, 2.24) is 0 Å². The number of nitro benzene ring substituents is 1. The van der Waals surface area contributed by atoms with Gasteiger partial charge < -0.3 is 19.2 Å². The summed E-state index contributed by atoms with van der Waals surface area (Å²) in [5, 5.41) is 14.0. The van der Waals surface area contributed by atoms with E-state index in [1.54, 1.807) is 24.3 Å². The number of methoxy groups -OCH3 is 2. The molecule has 0 spiro atoms. The molecular formula is C20H16N2O7. The van der Waals surface area contributed by atoms with Gasteiger partial charge >= 0.3 is 5.97 Å². The quantitative estimate of drug-likeness (QED) is 0.381. The van der Waals surface area contributed by atoms with Crippen molar-refractivity contribution in [2.24, 2.45) is 0 Å². The summed E-state index contributed by atoms with van der Waals surface area (Å²) in [5.41, 5.74) is 0.643. The van der Waals surface area contributed by atoms with Crippen molar-refractivity contribution in [2.45, 2.75) is 0 Å². The molecule has 1 N–H and O–H groups in total. The second kappa shape index (κ2) is 8.26. The van der Waals surface area contributed by atoms with Crippen LogP contribution < -0.4 is 10.1 Å². The number of hydrogen-bond donors (Lipinski definition) is 1. The van der Waals surface area contributed by atoms with Crippen molar-refractivity contribution in [3.8, 4) is 17.1 Å². The molecule has 148 valence electrons. The van der Waals surface area contributed by atoms with Crippen LogP contribution in [0.5, 0.6) is 5.75 Å². The minimum Gasteiger partial charge on any atom is -0.497 e. The Kier molecular flexibility index (Phi) is 5.59. The molecule has 0 radical (unpaired) electrons. The molecule has 3 aromatic rings. The third-order valence-corrected chi connectivity index (χ3v) is 4.04. The number of nitrogens with one attached hydrogen (secondary N) is 1. The van der Waals surface area contributed by atoms with E-state index in [0.29, 0.717) is 11.4 Å². The highest BCUT2D eigenvalue weighted by Gasteiger charge is 2.21. The van der Waals surface area contributed by atoms with E-state index in [9.17, 15) is 19.7 Å². The van der Waals surface area contributed by atoms with Gasteiger partial charge in [-0.2, -0.15) is 0 Å². The van der Waals surface area contributed by atoms with Crippen LogP contribution in [0.25, 0.3) is 11.3 Å².